The maximum atomic E-state index is 11.6. The molecular formula is C9H12N2OS2. The Kier molecular flexibility index (Phi) is 3.08. The smallest absolute Gasteiger partial charge is 0.223 e. The molecule has 0 fully saturated rings. The number of fused-ring (bicyclic) bond motifs is 1. The lowest BCUT2D eigenvalue weighted by Crippen LogP contribution is -2.35. The van der Waals surface area contributed by atoms with Gasteiger partial charge in [0.25, 0.3) is 0 Å². The lowest BCUT2D eigenvalue weighted by Gasteiger charge is -2.25. The second-order valence-corrected chi connectivity index (χ2v) is 4.65. The summed E-state index contributed by atoms with van der Waals surface area (Å²) in [6.07, 6.45) is 1.44. The Morgan fingerprint density at radius 1 is 1.71 bits per heavy atom. The van der Waals surface area contributed by atoms with Gasteiger partial charge in [0.1, 0.15) is 0 Å². The van der Waals surface area contributed by atoms with Crippen molar-refractivity contribution in [2.75, 3.05) is 12.3 Å². The zero-order valence-electron chi connectivity index (χ0n) is 7.77. The molecule has 2 heterocycles. The molecule has 0 bridgehead atoms. The number of thiazole rings is 1. The van der Waals surface area contributed by atoms with Crippen LogP contribution in [0.5, 0.6) is 0 Å². The maximum Gasteiger partial charge on any atom is 0.223 e. The SMILES string of the molecule is O=C(CCS)N1CCc2ncsc2C1. The van der Waals surface area contributed by atoms with Crippen LogP contribution in [0.15, 0.2) is 5.51 Å². The summed E-state index contributed by atoms with van der Waals surface area (Å²) >= 11 is 5.71. The average Bonchev–Trinajstić information content (AvgIpc) is 2.64. The van der Waals surface area contributed by atoms with Crippen molar-refractivity contribution in [3.05, 3.63) is 16.1 Å². The van der Waals surface area contributed by atoms with Crippen LogP contribution in [-0.2, 0) is 17.8 Å². The first-order valence-corrected chi connectivity index (χ1v) is 6.12. The summed E-state index contributed by atoms with van der Waals surface area (Å²) < 4.78 is 0. The summed E-state index contributed by atoms with van der Waals surface area (Å²) in [7, 11) is 0. The van der Waals surface area contributed by atoms with Crippen LogP contribution in [0, 0.1) is 0 Å². The van der Waals surface area contributed by atoms with Crippen molar-refractivity contribution < 1.29 is 4.79 Å². The van der Waals surface area contributed by atoms with Gasteiger partial charge in [-0.2, -0.15) is 12.6 Å². The molecule has 1 amide bonds. The van der Waals surface area contributed by atoms with Crippen LogP contribution in [0.25, 0.3) is 0 Å². The Morgan fingerprint density at radius 2 is 2.57 bits per heavy atom. The molecular weight excluding hydrogens is 216 g/mol. The third kappa shape index (κ3) is 1.93. The molecule has 3 nitrogen and oxygen atoms in total. The summed E-state index contributed by atoms with van der Waals surface area (Å²) in [4.78, 5) is 19.0. The monoisotopic (exact) mass is 228 g/mol. The Morgan fingerprint density at radius 3 is 3.36 bits per heavy atom. The number of carbonyl (C=O) groups excluding carboxylic acids is 1. The minimum Gasteiger partial charge on any atom is -0.337 e. The molecule has 2 rings (SSSR count). The molecule has 0 saturated heterocycles. The number of amides is 1. The molecule has 0 saturated carbocycles. The molecule has 0 N–H and O–H groups in total. The van der Waals surface area contributed by atoms with E-state index < -0.39 is 0 Å². The van der Waals surface area contributed by atoms with Crippen LogP contribution < -0.4 is 0 Å². The van der Waals surface area contributed by atoms with Crippen LogP contribution in [-0.4, -0.2) is 28.1 Å². The molecule has 1 aromatic rings. The summed E-state index contributed by atoms with van der Waals surface area (Å²) in [5.74, 6) is 0.837. The lowest BCUT2D eigenvalue weighted by molar-refractivity contribution is -0.131. The largest absolute Gasteiger partial charge is 0.337 e. The highest BCUT2D eigenvalue weighted by Crippen LogP contribution is 2.21. The number of nitrogens with zero attached hydrogens (tertiary/aromatic N) is 2. The van der Waals surface area contributed by atoms with Crippen LogP contribution >= 0.6 is 24.0 Å². The van der Waals surface area contributed by atoms with E-state index in [9.17, 15) is 4.79 Å². The van der Waals surface area contributed by atoms with Gasteiger partial charge in [-0.15, -0.1) is 11.3 Å². The molecule has 0 atom stereocenters. The van der Waals surface area contributed by atoms with Crippen molar-refractivity contribution in [1.82, 2.24) is 9.88 Å². The van der Waals surface area contributed by atoms with E-state index in [-0.39, 0.29) is 5.91 Å². The minimum atomic E-state index is 0.207. The van der Waals surface area contributed by atoms with E-state index in [4.69, 9.17) is 0 Å². The normalized spacial score (nSPS) is 15.4. The molecule has 0 aromatic carbocycles. The van der Waals surface area contributed by atoms with Gasteiger partial charge in [-0.3, -0.25) is 4.79 Å². The first-order valence-electron chi connectivity index (χ1n) is 4.61. The van der Waals surface area contributed by atoms with E-state index >= 15 is 0 Å². The number of rotatable bonds is 2. The highest BCUT2D eigenvalue weighted by molar-refractivity contribution is 7.80. The van der Waals surface area contributed by atoms with Crippen LogP contribution in [0.3, 0.4) is 0 Å². The second-order valence-electron chi connectivity index (χ2n) is 3.26. The Labute approximate surface area is 92.6 Å². The van der Waals surface area contributed by atoms with Crippen LogP contribution in [0.4, 0.5) is 0 Å². The first kappa shape index (κ1) is 9.98. The molecule has 76 valence electrons. The van der Waals surface area contributed by atoms with Crippen molar-refractivity contribution in [2.45, 2.75) is 19.4 Å². The quantitative estimate of drug-likeness (QED) is 0.775. The van der Waals surface area contributed by atoms with Gasteiger partial charge in [0.2, 0.25) is 5.91 Å². The highest BCUT2D eigenvalue weighted by atomic mass is 32.1. The minimum absolute atomic E-state index is 0.207. The molecule has 0 radical (unpaired) electrons. The van der Waals surface area contributed by atoms with Gasteiger partial charge < -0.3 is 4.90 Å². The molecule has 1 aromatic heterocycles. The topological polar surface area (TPSA) is 33.2 Å². The fourth-order valence-corrected chi connectivity index (χ4v) is 2.61. The number of aromatic nitrogens is 1. The molecule has 0 aliphatic carbocycles. The lowest BCUT2D eigenvalue weighted by atomic mass is 10.1. The molecule has 1 aliphatic rings. The zero-order chi connectivity index (χ0) is 9.97. The number of carbonyl (C=O) groups is 1. The summed E-state index contributed by atoms with van der Waals surface area (Å²) in [5.41, 5.74) is 3.03. The first-order chi connectivity index (χ1) is 6.81. The molecule has 0 spiro atoms. The highest BCUT2D eigenvalue weighted by Gasteiger charge is 2.21. The van der Waals surface area contributed by atoms with Gasteiger partial charge in [0.05, 0.1) is 17.7 Å². The van der Waals surface area contributed by atoms with Crippen molar-refractivity contribution in [3.8, 4) is 0 Å². The maximum absolute atomic E-state index is 11.6. The van der Waals surface area contributed by atoms with Gasteiger partial charge in [-0.05, 0) is 5.75 Å². The third-order valence-electron chi connectivity index (χ3n) is 2.36. The van der Waals surface area contributed by atoms with E-state index in [0.29, 0.717) is 12.2 Å². The number of hydrogen-bond donors (Lipinski definition) is 1. The Bertz CT molecular complexity index is 337. The summed E-state index contributed by atoms with van der Waals surface area (Å²) in [6.45, 7) is 1.55. The van der Waals surface area contributed by atoms with Gasteiger partial charge in [0, 0.05) is 24.3 Å². The molecule has 0 unspecified atom stereocenters. The molecule has 14 heavy (non-hydrogen) atoms. The zero-order valence-corrected chi connectivity index (χ0v) is 9.48. The van der Waals surface area contributed by atoms with Crippen LogP contribution in [0.2, 0.25) is 0 Å². The van der Waals surface area contributed by atoms with E-state index in [2.05, 4.69) is 17.6 Å². The predicted octanol–water partition coefficient (Wildman–Crippen LogP) is 1.35. The van der Waals surface area contributed by atoms with Crippen molar-refractivity contribution in [3.63, 3.8) is 0 Å². The number of thiol groups is 1. The fourth-order valence-electron chi connectivity index (χ4n) is 1.59. The standard InChI is InChI=1S/C9H12N2OS2/c12-9(2-4-13)11-3-1-7-8(5-11)14-6-10-7/h6,13H,1-5H2. The van der Waals surface area contributed by atoms with Gasteiger partial charge >= 0.3 is 0 Å². The predicted molar refractivity (Wildman–Crippen MR) is 59.7 cm³/mol. The van der Waals surface area contributed by atoms with Gasteiger partial charge in [-0.25, -0.2) is 4.98 Å². The average molecular weight is 228 g/mol. The number of hydrogen-bond acceptors (Lipinski definition) is 4. The Balaban J connectivity index is 2.04. The molecule has 5 heteroatoms. The van der Waals surface area contributed by atoms with E-state index in [1.807, 2.05) is 10.4 Å². The van der Waals surface area contributed by atoms with Crippen LogP contribution in [0.1, 0.15) is 17.0 Å². The van der Waals surface area contributed by atoms with Crippen molar-refractivity contribution >= 4 is 29.9 Å². The van der Waals surface area contributed by atoms with E-state index in [1.54, 1.807) is 11.3 Å². The summed E-state index contributed by atoms with van der Waals surface area (Å²) in [5, 5.41) is 0. The van der Waals surface area contributed by atoms with Crippen molar-refractivity contribution in [2.24, 2.45) is 0 Å². The van der Waals surface area contributed by atoms with Crippen molar-refractivity contribution in [1.29, 1.82) is 0 Å². The second kappa shape index (κ2) is 4.31. The fraction of sp³-hybridized carbons (Fsp3) is 0.556. The van der Waals surface area contributed by atoms with Gasteiger partial charge in [0.15, 0.2) is 0 Å². The van der Waals surface area contributed by atoms with E-state index in [0.717, 1.165) is 19.5 Å². The molecule has 1 aliphatic heterocycles. The third-order valence-corrected chi connectivity index (χ3v) is 3.44. The van der Waals surface area contributed by atoms with E-state index in [1.165, 1.54) is 10.6 Å². The summed E-state index contributed by atoms with van der Waals surface area (Å²) in [6, 6.07) is 0. The Hall–Kier alpha value is -0.550. The van der Waals surface area contributed by atoms with Gasteiger partial charge in [-0.1, -0.05) is 0 Å².